The smallest absolute Gasteiger partial charge is 0.416 e. The van der Waals surface area contributed by atoms with Crippen molar-refractivity contribution in [3.8, 4) is 23.0 Å². The standard InChI is InChI=1S/C21H14F3NO5/c1-11-19-20(30-17(27)9-8-16(26)29-19)18-14(25-11)6-3-7-15(18)28-13-5-2-4-12(10-13)21(22,23)24/h2-7,10H,8-9H2,1H3. The normalized spacial score (nSPS) is 14.4. The number of aryl methyl sites for hydroxylation is 1. The molecule has 2 aromatic carbocycles. The van der Waals surface area contributed by atoms with Crippen molar-refractivity contribution in [2.45, 2.75) is 25.9 Å². The lowest BCUT2D eigenvalue weighted by atomic mass is 10.1. The molecule has 154 valence electrons. The zero-order valence-electron chi connectivity index (χ0n) is 15.6. The van der Waals surface area contributed by atoms with Crippen LogP contribution in [0, 0.1) is 6.92 Å². The van der Waals surface area contributed by atoms with E-state index in [1.807, 2.05) is 0 Å². The number of carbonyl (C=O) groups is 2. The van der Waals surface area contributed by atoms with E-state index in [2.05, 4.69) is 4.98 Å². The van der Waals surface area contributed by atoms with Gasteiger partial charge in [-0.25, -0.2) is 4.98 Å². The molecule has 0 unspecified atom stereocenters. The van der Waals surface area contributed by atoms with Crippen molar-refractivity contribution in [2.24, 2.45) is 0 Å². The van der Waals surface area contributed by atoms with Gasteiger partial charge in [-0.2, -0.15) is 13.2 Å². The molecule has 0 amide bonds. The fourth-order valence-corrected chi connectivity index (χ4v) is 3.05. The van der Waals surface area contributed by atoms with E-state index in [-0.39, 0.29) is 41.2 Å². The molecule has 6 nitrogen and oxygen atoms in total. The summed E-state index contributed by atoms with van der Waals surface area (Å²) in [5.74, 6) is -1.32. The molecule has 1 aliphatic rings. The van der Waals surface area contributed by atoms with Gasteiger partial charge in [0.05, 0.1) is 35.0 Å². The Morgan fingerprint density at radius 3 is 2.33 bits per heavy atom. The summed E-state index contributed by atoms with van der Waals surface area (Å²) in [7, 11) is 0. The minimum Gasteiger partial charge on any atom is -0.457 e. The molecule has 9 heteroatoms. The lowest BCUT2D eigenvalue weighted by Crippen LogP contribution is -2.19. The van der Waals surface area contributed by atoms with Crippen molar-refractivity contribution in [3.63, 3.8) is 0 Å². The van der Waals surface area contributed by atoms with Crippen LogP contribution in [0.4, 0.5) is 13.2 Å². The number of halogens is 3. The molecule has 1 aliphatic heterocycles. The summed E-state index contributed by atoms with van der Waals surface area (Å²) in [5.41, 5.74) is -0.193. The number of hydrogen-bond acceptors (Lipinski definition) is 6. The van der Waals surface area contributed by atoms with Gasteiger partial charge < -0.3 is 14.2 Å². The average molecular weight is 417 g/mol. The first-order chi connectivity index (χ1) is 14.2. The number of benzene rings is 2. The van der Waals surface area contributed by atoms with Crippen LogP contribution in [0.3, 0.4) is 0 Å². The second kappa shape index (κ2) is 7.33. The third-order valence-corrected chi connectivity index (χ3v) is 4.41. The Morgan fingerprint density at radius 2 is 1.63 bits per heavy atom. The van der Waals surface area contributed by atoms with Crippen molar-refractivity contribution >= 4 is 22.8 Å². The Kier molecular flexibility index (Phi) is 4.81. The van der Waals surface area contributed by atoms with Gasteiger partial charge in [0.15, 0.2) is 11.5 Å². The van der Waals surface area contributed by atoms with Gasteiger partial charge in [-0.15, -0.1) is 0 Å². The number of pyridine rings is 1. The predicted molar refractivity (Wildman–Crippen MR) is 98.5 cm³/mol. The van der Waals surface area contributed by atoms with Crippen LogP contribution < -0.4 is 14.2 Å². The molecule has 3 aromatic rings. The number of hydrogen-bond donors (Lipinski definition) is 0. The number of rotatable bonds is 2. The monoisotopic (exact) mass is 417 g/mol. The number of fused-ring (bicyclic) bond motifs is 3. The zero-order valence-corrected chi connectivity index (χ0v) is 15.6. The quantitative estimate of drug-likeness (QED) is 0.549. The predicted octanol–water partition coefficient (Wildman–Crippen LogP) is 4.96. The number of carbonyl (C=O) groups excluding carboxylic acids is 2. The summed E-state index contributed by atoms with van der Waals surface area (Å²) >= 11 is 0. The maximum Gasteiger partial charge on any atom is 0.416 e. The molecule has 0 bridgehead atoms. The molecule has 0 atom stereocenters. The molecule has 0 saturated carbocycles. The van der Waals surface area contributed by atoms with Gasteiger partial charge in [-0.3, -0.25) is 9.59 Å². The second-order valence-electron chi connectivity index (χ2n) is 6.58. The highest BCUT2D eigenvalue weighted by Gasteiger charge is 2.31. The highest BCUT2D eigenvalue weighted by molar-refractivity contribution is 5.97. The first kappa shape index (κ1) is 19.7. The lowest BCUT2D eigenvalue weighted by Gasteiger charge is -2.19. The van der Waals surface area contributed by atoms with Gasteiger partial charge in [0, 0.05) is 0 Å². The van der Waals surface area contributed by atoms with Crippen molar-refractivity contribution in [1.82, 2.24) is 4.98 Å². The first-order valence-electron chi connectivity index (χ1n) is 8.92. The summed E-state index contributed by atoms with van der Waals surface area (Å²) in [5, 5.41) is 0.207. The van der Waals surface area contributed by atoms with E-state index in [9.17, 15) is 22.8 Å². The minimum atomic E-state index is -4.53. The molecule has 0 aliphatic carbocycles. The van der Waals surface area contributed by atoms with Crippen molar-refractivity contribution in [2.75, 3.05) is 0 Å². The van der Waals surface area contributed by atoms with Crippen LogP contribution in [0.2, 0.25) is 0 Å². The Bertz CT molecular complexity index is 1170. The fourth-order valence-electron chi connectivity index (χ4n) is 3.05. The van der Waals surface area contributed by atoms with E-state index >= 15 is 0 Å². The SMILES string of the molecule is Cc1nc2cccc(Oc3cccc(C(F)(F)F)c3)c2c2c1OC(=O)CCC(=O)O2. The third kappa shape index (κ3) is 3.78. The Morgan fingerprint density at radius 1 is 0.967 bits per heavy atom. The molecule has 0 fully saturated rings. The molecular weight excluding hydrogens is 403 g/mol. The Balaban J connectivity index is 1.88. The molecule has 0 spiro atoms. The van der Waals surface area contributed by atoms with Gasteiger partial charge in [0.25, 0.3) is 0 Å². The van der Waals surface area contributed by atoms with Crippen LogP contribution in [0.1, 0.15) is 24.1 Å². The van der Waals surface area contributed by atoms with E-state index in [4.69, 9.17) is 14.2 Å². The summed E-state index contributed by atoms with van der Waals surface area (Å²) in [6.07, 6.45) is -4.84. The third-order valence-electron chi connectivity index (χ3n) is 4.41. The van der Waals surface area contributed by atoms with Crippen molar-refractivity contribution in [1.29, 1.82) is 0 Å². The fraction of sp³-hybridized carbons (Fsp3) is 0.190. The van der Waals surface area contributed by atoms with Crippen LogP contribution in [0.5, 0.6) is 23.0 Å². The molecule has 0 saturated heterocycles. The maximum atomic E-state index is 13.0. The van der Waals surface area contributed by atoms with E-state index in [1.165, 1.54) is 18.2 Å². The summed E-state index contributed by atoms with van der Waals surface area (Å²) in [4.78, 5) is 28.4. The van der Waals surface area contributed by atoms with Gasteiger partial charge in [0.1, 0.15) is 11.5 Å². The van der Waals surface area contributed by atoms with Gasteiger partial charge in [-0.1, -0.05) is 12.1 Å². The number of alkyl halides is 3. The summed E-state index contributed by atoms with van der Waals surface area (Å²) in [6, 6.07) is 9.09. The molecule has 2 heterocycles. The van der Waals surface area contributed by atoms with E-state index in [0.29, 0.717) is 11.2 Å². The van der Waals surface area contributed by atoms with Crippen LogP contribution in [-0.2, 0) is 15.8 Å². The summed E-state index contributed by atoms with van der Waals surface area (Å²) < 4.78 is 55.5. The van der Waals surface area contributed by atoms with Crippen molar-refractivity contribution in [3.05, 3.63) is 53.7 Å². The largest absolute Gasteiger partial charge is 0.457 e. The molecule has 30 heavy (non-hydrogen) atoms. The Labute approximate surface area is 168 Å². The molecule has 4 rings (SSSR count). The van der Waals surface area contributed by atoms with Gasteiger partial charge in [-0.05, 0) is 37.3 Å². The molecular formula is C21H14F3NO5. The van der Waals surface area contributed by atoms with E-state index in [0.717, 1.165) is 12.1 Å². The minimum absolute atomic E-state index is 0.0272. The molecule has 0 radical (unpaired) electrons. The maximum absolute atomic E-state index is 13.0. The van der Waals surface area contributed by atoms with E-state index < -0.39 is 23.7 Å². The Hall–Kier alpha value is -3.62. The highest BCUT2D eigenvalue weighted by atomic mass is 19.4. The first-order valence-corrected chi connectivity index (χ1v) is 8.92. The number of nitrogens with zero attached hydrogens (tertiary/aromatic N) is 1. The van der Waals surface area contributed by atoms with Crippen molar-refractivity contribution < 1.29 is 37.0 Å². The van der Waals surface area contributed by atoms with Crippen LogP contribution in [0.15, 0.2) is 42.5 Å². The average Bonchev–Trinajstić information content (AvgIpc) is 2.67. The zero-order chi connectivity index (χ0) is 21.5. The molecule has 1 aromatic heterocycles. The number of ether oxygens (including phenoxy) is 3. The number of aromatic nitrogens is 1. The molecule has 0 N–H and O–H groups in total. The van der Waals surface area contributed by atoms with Gasteiger partial charge in [0.2, 0.25) is 0 Å². The van der Waals surface area contributed by atoms with Crippen LogP contribution in [-0.4, -0.2) is 16.9 Å². The van der Waals surface area contributed by atoms with E-state index in [1.54, 1.807) is 19.1 Å². The van der Waals surface area contributed by atoms with Crippen LogP contribution in [0.25, 0.3) is 10.9 Å². The topological polar surface area (TPSA) is 74.7 Å². The highest BCUT2D eigenvalue weighted by Crippen LogP contribution is 2.44. The lowest BCUT2D eigenvalue weighted by molar-refractivity contribution is -0.142. The second-order valence-corrected chi connectivity index (χ2v) is 6.58. The number of esters is 2. The summed E-state index contributed by atoms with van der Waals surface area (Å²) in [6.45, 7) is 1.58. The van der Waals surface area contributed by atoms with Crippen LogP contribution >= 0.6 is 0 Å². The van der Waals surface area contributed by atoms with Gasteiger partial charge >= 0.3 is 18.1 Å².